The predicted molar refractivity (Wildman–Crippen MR) is 421 cm³/mol. The van der Waals surface area contributed by atoms with Crippen LogP contribution in [-0.4, -0.2) is 287 Å². The third-order valence-electron chi connectivity index (χ3n) is 24.6. The molecule has 11 aliphatic rings. The first kappa shape index (κ1) is 91.9. The molecule has 2 aromatic rings. The van der Waals surface area contributed by atoms with Gasteiger partial charge in [-0.25, -0.2) is 19.1 Å². The van der Waals surface area contributed by atoms with Gasteiger partial charge in [0.05, 0.1) is 166 Å². The van der Waals surface area contributed by atoms with Gasteiger partial charge < -0.3 is 118 Å². The van der Waals surface area contributed by atoms with Crippen molar-refractivity contribution in [3.63, 3.8) is 0 Å². The van der Waals surface area contributed by atoms with Crippen LogP contribution in [0.3, 0.4) is 0 Å². The Morgan fingerprint density at radius 1 is 0.692 bits per heavy atom. The van der Waals surface area contributed by atoms with Gasteiger partial charge in [-0.15, -0.1) is 10.2 Å². The summed E-state index contributed by atoms with van der Waals surface area (Å²) in [6, 6.07) is 3.63. The Morgan fingerprint density at radius 3 is 2.09 bits per heavy atom. The summed E-state index contributed by atoms with van der Waals surface area (Å²) in [7, 11) is 1.60. The van der Waals surface area contributed by atoms with E-state index in [2.05, 4.69) is 64.2 Å². The van der Waals surface area contributed by atoms with Gasteiger partial charge in [-0.05, 0) is 98.3 Å². The molecule has 37 heteroatoms. The van der Waals surface area contributed by atoms with Crippen molar-refractivity contribution in [3.05, 3.63) is 53.9 Å². The number of hydrogen-bond acceptors (Lipinski definition) is 29. The van der Waals surface area contributed by atoms with Crippen LogP contribution in [0.1, 0.15) is 168 Å². The van der Waals surface area contributed by atoms with Crippen LogP contribution in [0.2, 0.25) is 0 Å². The highest BCUT2D eigenvalue weighted by Gasteiger charge is 2.69. The number of benzene rings is 1. The number of nitrogens with zero attached hydrogens (tertiary/aromatic N) is 4. The van der Waals surface area contributed by atoms with Crippen molar-refractivity contribution in [2.24, 2.45) is 28.9 Å². The highest BCUT2D eigenvalue weighted by atomic mass is 16.8. The van der Waals surface area contributed by atoms with Crippen LogP contribution in [-0.2, 0) is 134 Å². The van der Waals surface area contributed by atoms with Crippen molar-refractivity contribution in [2.45, 2.75) is 292 Å². The van der Waals surface area contributed by atoms with Gasteiger partial charge in [0, 0.05) is 89.6 Å². The van der Waals surface area contributed by atoms with Crippen molar-refractivity contribution in [3.8, 4) is 0 Å². The summed E-state index contributed by atoms with van der Waals surface area (Å²) in [4.78, 5) is 120. The summed E-state index contributed by atoms with van der Waals surface area (Å²) in [5, 5.41) is 33.9. The van der Waals surface area contributed by atoms with Gasteiger partial charge >= 0.3 is 18.1 Å². The summed E-state index contributed by atoms with van der Waals surface area (Å²) in [5.41, 5.74) is 7.69. The number of amides is 8. The Labute approximate surface area is 699 Å². The first-order valence-electron chi connectivity index (χ1n) is 42.8. The zero-order chi connectivity index (χ0) is 85.0. The smallest absolute Gasteiger partial charge is 0.407 e. The second-order valence-electron chi connectivity index (χ2n) is 34.0. The third-order valence-corrected chi connectivity index (χ3v) is 24.6. The molecule has 668 valence electrons. The molecule has 21 atom stereocenters. The minimum atomic E-state index is -1.11. The van der Waals surface area contributed by atoms with E-state index in [0.717, 1.165) is 37.7 Å². The van der Waals surface area contributed by atoms with Crippen LogP contribution >= 0.6 is 0 Å². The molecule has 11 aliphatic heterocycles. The van der Waals surface area contributed by atoms with Crippen molar-refractivity contribution >= 4 is 59.1 Å². The Morgan fingerprint density at radius 2 is 1.37 bits per heavy atom. The van der Waals surface area contributed by atoms with Crippen LogP contribution in [0.25, 0.3) is 0 Å². The van der Waals surface area contributed by atoms with Gasteiger partial charge in [0.15, 0.2) is 5.79 Å². The van der Waals surface area contributed by atoms with Crippen LogP contribution in [0.5, 0.6) is 0 Å². The second-order valence-corrected chi connectivity index (χ2v) is 34.0. The van der Waals surface area contributed by atoms with Crippen molar-refractivity contribution in [1.29, 1.82) is 0 Å². The Balaban J connectivity index is 0.538. The number of alkyl carbamates (subject to hydrolysis) is 1. The average molecular weight is 1690 g/mol. The number of imide groups is 1. The van der Waals surface area contributed by atoms with E-state index in [-0.39, 0.29) is 202 Å². The lowest BCUT2D eigenvalue weighted by atomic mass is 9.68. The van der Waals surface area contributed by atoms with E-state index in [1.165, 1.54) is 0 Å². The summed E-state index contributed by atoms with van der Waals surface area (Å²) < 4.78 is 102. The average Bonchev–Trinajstić information content (AvgIpc) is 1.55. The van der Waals surface area contributed by atoms with Gasteiger partial charge in [-0.1, -0.05) is 58.5 Å². The van der Waals surface area contributed by atoms with Crippen molar-refractivity contribution < 1.29 is 129 Å². The highest BCUT2D eigenvalue weighted by molar-refractivity contribution is 6.01. The number of ketones is 1. The van der Waals surface area contributed by atoms with Crippen LogP contribution in [0.4, 0.5) is 15.3 Å². The number of nitrogens with one attached hydrogen (secondary N) is 5. The molecule has 8 amide bonds. The number of aromatic nitrogens is 3. The molecule has 0 aliphatic carbocycles. The molecular formula is C83H124N10O27. The van der Waals surface area contributed by atoms with E-state index in [0.29, 0.717) is 99.6 Å². The molecule has 1 aromatic heterocycles. The van der Waals surface area contributed by atoms with Crippen molar-refractivity contribution in [1.82, 2.24) is 41.3 Å². The van der Waals surface area contributed by atoms with Gasteiger partial charge in [-0.2, -0.15) is 0 Å². The van der Waals surface area contributed by atoms with Gasteiger partial charge in [-0.3, -0.25) is 28.8 Å². The third kappa shape index (κ3) is 25.2. The topological polar surface area (TPSA) is 451 Å². The fourth-order valence-corrected chi connectivity index (χ4v) is 17.8. The van der Waals surface area contributed by atoms with E-state index in [1.54, 1.807) is 56.1 Å². The van der Waals surface area contributed by atoms with Crippen LogP contribution < -0.4 is 32.3 Å². The first-order chi connectivity index (χ1) is 57.8. The number of methoxy groups -OCH3 is 1. The van der Waals surface area contributed by atoms with Gasteiger partial charge in [0.1, 0.15) is 60.7 Å². The molecule has 1 spiro atoms. The molecule has 37 nitrogen and oxygen atoms in total. The van der Waals surface area contributed by atoms with Crippen LogP contribution in [0, 0.1) is 23.2 Å². The number of nitrogens with two attached hydrogens (primary N) is 1. The monoisotopic (exact) mass is 1690 g/mol. The molecule has 12 heterocycles. The molecule has 11 saturated heterocycles. The Bertz CT molecular complexity index is 3750. The molecule has 1 unspecified atom stereocenters. The normalized spacial score (nSPS) is 30.8. The number of aliphatic hydroxyl groups is 1. The summed E-state index contributed by atoms with van der Waals surface area (Å²) in [6.45, 7) is 17.8. The molecule has 120 heavy (non-hydrogen) atoms. The number of ether oxygens (including phenoxy) is 16. The minimum Gasteiger partial charge on any atom is -0.445 e. The lowest BCUT2D eigenvalue weighted by Gasteiger charge is -2.48. The van der Waals surface area contributed by atoms with E-state index in [1.807, 2.05) is 0 Å². The number of carbonyl (C=O) groups excluding carboxylic acids is 9. The van der Waals surface area contributed by atoms with E-state index >= 15 is 0 Å². The quantitative estimate of drug-likeness (QED) is 0.0279. The van der Waals surface area contributed by atoms with E-state index in [4.69, 9.17) is 86.4 Å². The van der Waals surface area contributed by atoms with E-state index in [9.17, 15) is 48.3 Å². The maximum atomic E-state index is 14.7. The zero-order valence-corrected chi connectivity index (χ0v) is 69.9. The van der Waals surface area contributed by atoms with E-state index < -0.39 is 108 Å². The summed E-state index contributed by atoms with van der Waals surface area (Å²) in [5.74, 6) is -4.80. The fraction of sp³-hybridized carbons (Fsp3) is 0.771. The number of primary amides is 1. The summed E-state index contributed by atoms with van der Waals surface area (Å²) >= 11 is 0. The molecule has 11 fully saturated rings. The van der Waals surface area contributed by atoms with Crippen molar-refractivity contribution in [2.75, 3.05) is 98.2 Å². The lowest BCUT2D eigenvalue weighted by molar-refractivity contribution is -0.292. The molecule has 8 N–H and O–H groups in total. The number of Topliss-reactive ketones (excluding diaryl/α,β-unsaturated/α-hetero) is 1. The molecule has 13 rings (SSSR count). The van der Waals surface area contributed by atoms with Gasteiger partial charge in [0.2, 0.25) is 17.7 Å². The number of anilines is 1. The largest absolute Gasteiger partial charge is 0.445 e. The number of fused-ring (bicyclic) bond motifs is 6. The number of urea groups is 1. The Hall–Kier alpha value is -7.31. The maximum Gasteiger partial charge on any atom is 0.407 e. The summed E-state index contributed by atoms with van der Waals surface area (Å²) in [6.07, 6.45) is 2.86. The number of hydrogen-bond donors (Lipinski definition) is 7. The second kappa shape index (κ2) is 43.8. The molecule has 0 saturated carbocycles. The first-order valence-corrected chi connectivity index (χ1v) is 42.8. The van der Waals surface area contributed by atoms with Gasteiger partial charge in [0.25, 0.3) is 11.8 Å². The Kier molecular flexibility index (Phi) is 33.6. The zero-order valence-electron chi connectivity index (χ0n) is 69.9. The predicted octanol–water partition coefficient (Wildman–Crippen LogP) is 4.17. The maximum absolute atomic E-state index is 14.7. The number of hydroxylamine groups is 2. The minimum absolute atomic E-state index is 0.00828. The molecule has 12 bridgehead atoms. The SMILES string of the molecule is C=C1C[C@@H]2CC[C@@]34CC5O[C@H]6[C@@H](O3)[C@H]3O[C@H](CC[C@@H]3O[C@H]6[C@H]5O4)CC(=O)C[C@@H]3[C@@H](OC)[C@@H](C[C@H](O)CNC(=O)OCc4ccc(NC(=O)[C@H](CCCNC(N)=O)NC(=O)[C@@H](NC(=O)CCOCCOCCOCCn5cc(COCCOCCOCCC(=O)ON6C(=O)CCC6=O)nn5)C(C)C)cc4)O[C@H]3C[C@H]3O[C@@H](CC[C@@H]1O2)C[C@@H](C)C3(C)C. The fourth-order valence-electron chi connectivity index (χ4n) is 17.8. The molecule has 1 aromatic carbocycles. The van der Waals surface area contributed by atoms with Crippen LogP contribution in [0.15, 0.2) is 42.6 Å². The standard InChI is InChI=1S/C83H124N10O27/c1-48(2)71(89-67(96)21-26-105-29-32-108-34-31-107-28-25-92-45-53(90-91-92)47-110-36-35-109-33-30-106-27-22-70(99)120-93-68(97)18-19-69(93)98)79(101)88-60(9-8-24-85-80(84)102)78(100)87-52-12-10-51(11-13-52)46-111-81(103)86-44-55(95)41-64-72(104-7)59-40-54(94)39-57-15-17-62-73(114-57)77-76-75(116-62)74-65(117-76)43-83(118-74,119-77)23-20-58-37-49(3)61(112-58)16-14-56-38-50(4)82(5,6)66(113-56)42-63(59)115-64/h10-13,45,48,50,55-66,71-77,95H,3,8-9,14-44,46-47H2,1-2,4-7H3,(H,86,103)(H,87,100)(H,88,101)(H,89,96)(H3,84,85,102)/t50-,55+,56+,57-,58+,59+,60+,61+,62+,63+,64-,65?,66-,71+,72-,73+,74+,75+,76-,77+,83+/m1/s1. The highest BCUT2D eigenvalue weighted by Crippen LogP contribution is 2.55. The lowest BCUT2D eigenvalue weighted by Crippen LogP contribution is -2.61. The molecule has 0 radical (unpaired) electrons. The number of carbonyl (C=O) groups is 9. The number of aliphatic hydroxyl groups excluding tert-OH is 1. The molecular weight excluding hydrogens is 1570 g/mol. The number of rotatable bonds is 41.